The minimum Gasteiger partial charge on any atom is -0.457 e. The van der Waals surface area contributed by atoms with E-state index in [1.807, 2.05) is 32.0 Å². The van der Waals surface area contributed by atoms with Gasteiger partial charge in [-0.25, -0.2) is 4.79 Å². The molecule has 0 bridgehead atoms. The Labute approximate surface area is 123 Å². The Bertz CT molecular complexity index is 653. The molecule has 0 radical (unpaired) electrons. The first-order valence-electron chi connectivity index (χ1n) is 6.25. The number of hydrogen-bond acceptors (Lipinski definition) is 3. The molecule has 0 aliphatic rings. The van der Waals surface area contributed by atoms with Gasteiger partial charge in [0.05, 0.1) is 16.3 Å². The normalized spacial score (nSPS) is 10.3. The largest absolute Gasteiger partial charge is 0.457 e. The van der Waals surface area contributed by atoms with Crippen molar-refractivity contribution in [3.8, 4) is 0 Å². The van der Waals surface area contributed by atoms with Gasteiger partial charge in [-0.1, -0.05) is 29.8 Å². The summed E-state index contributed by atoms with van der Waals surface area (Å²) >= 11 is 5.88. The molecule has 0 aliphatic heterocycles. The highest BCUT2D eigenvalue weighted by Crippen LogP contribution is 2.20. The fourth-order valence-corrected chi connectivity index (χ4v) is 1.96. The van der Waals surface area contributed by atoms with Crippen LogP contribution in [0.15, 0.2) is 36.4 Å². The van der Waals surface area contributed by atoms with Gasteiger partial charge in [-0.2, -0.15) is 0 Å². The van der Waals surface area contributed by atoms with Crippen molar-refractivity contribution >= 4 is 23.3 Å². The summed E-state index contributed by atoms with van der Waals surface area (Å²) in [6.45, 7) is 4.31. The van der Waals surface area contributed by atoms with Gasteiger partial charge in [-0.05, 0) is 48.7 Å². The monoisotopic (exact) mass is 289 g/mol. The van der Waals surface area contributed by atoms with E-state index in [0.717, 1.165) is 5.56 Å². The van der Waals surface area contributed by atoms with E-state index in [2.05, 4.69) is 0 Å². The molecule has 0 atom stereocenters. The van der Waals surface area contributed by atoms with Gasteiger partial charge < -0.3 is 10.5 Å². The van der Waals surface area contributed by atoms with Crippen molar-refractivity contribution < 1.29 is 9.53 Å². The van der Waals surface area contributed by atoms with E-state index < -0.39 is 5.97 Å². The number of halogens is 1. The molecule has 0 unspecified atom stereocenters. The lowest BCUT2D eigenvalue weighted by Crippen LogP contribution is -2.06. The predicted molar refractivity (Wildman–Crippen MR) is 80.9 cm³/mol. The van der Waals surface area contributed by atoms with E-state index in [-0.39, 0.29) is 6.61 Å². The van der Waals surface area contributed by atoms with Gasteiger partial charge in [0.1, 0.15) is 6.61 Å². The fraction of sp³-hybridized carbons (Fsp3) is 0.188. The standard InChI is InChI=1S/C16H16ClNO2/c1-10-3-4-12(7-11(10)2)9-20-16(19)13-5-6-15(18)14(17)8-13/h3-8H,9,18H2,1-2H3. The lowest BCUT2D eigenvalue weighted by Gasteiger charge is -2.08. The second kappa shape index (κ2) is 5.97. The number of carbonyl (C=O) groups excluding carboxylic acids is 1. The zero-order valence-electron chi connectivity index (χ0n) is 11.4. The number of rotatable bonds is 3. The van der Waals surface area contributed by atoms with Crippen LogP contribution in [0.5, 0.6) is 0 Å². The zero-order valence-corrected chi connectivity index (χ0v) is 12.2. The minimum absolute atomic E-state index is 0.238. The number of hydrogen-bond donors (Lipinski definition) is 1. The van der Waals surface area contributed by atoms with Crippen LogP contribution in [0.25, 0.3) is 0 Å². The lowest BCUT2D eigenvalue weighted by molar-refractivity contribution is 0.0472. The second-order valence-corrected chi connectivity index (χ2v) is 5.14. The lowest BCUT2D eigenvalue weighted by atomic mass is 10.1. The first-order chi connectivity index (χ1) is 9.47. The highest BCUT2D eigenvalue weighted by molar-refractivity contribution is 6.33. The fourth-order valence-electron chi connectivity index (χ4n) is 1.78. The number of anilines is 1. The van der Waals surface area contributed by atoms with Crippen molar-refractivity contribution in [2.75, 3.05) is 5.73 Å². The minimum atomic E-state index is -0.412. The summed E-state index contributed by atoms with van der Waals surface area (Å²) in [5, 5.41) is 0.352. The van der Waals surface area contributed by atoms with Crippen LogP contribution in [0.4, 0.5) is 5.69 Å². The summed E-state index contributed by atoms with van der Waals surface area (Å²) < 4.78 is 5.27. The zero-order chi connectivity index (χ0) is 14.7. The number of carbonyl (C=O) groups is 1. The number of nitrogen functional groups attached to an aromatic ring is 1. The van der Waals surface area contributed by atoms with Crippen molar-refractivity contribution in [2.45, 2.75) is 20.5 Å². The van der Waals surface area contributed by atoms with Crippen LogP contribution >= 0.6 is 11.6 Å². The molecule has 0 spiro atoms. The van der Waals surface area contributed by atoms with E-state index in [1.54, 1.807) is 12.1 Å². The summed E-state index contributed by atoms with van der Waals surface area (Å²) in [4.78, 5) is 11.9. The predicted octanol–water partition coefficient (Wildman–Crippen LogP) is 3.90. The molecule has 4 heteroatoms. The third-order valence-electron chi connectivity index (χ3n) is 3.18. The highest BCUT2D eigenvalue weighted by atomic mass is 35.5. The molecule has 2 N–H and O–H groups in total. The van der Waals surface area contributed by atoms with Crippen LogP contribution in [0.1, 0.15) is 27.0 Å². The van der Waals surface area contributed by atoms with E-state index in [1.165, 1.54) is 17.2 Å². The van der Waals surface area contributed by atoms with Crippen molar-refractivity contribution in [2.24, 2.45) is 0 Å². The summed E-state index contributed by atoms with van der Waals surface area (Å²) in [6.07, 6.45) is 0. The molecule has 3 nitrogen and oxygen atoms in total. The highest BCUT2D eigenvalue weighted by Gasteiger charge is 2.09. The van der Waals surface area contributed by atoms with E-state index in [9.17, 15) is 4.79 Å². The first kappa shape index (κ1) is 14.4. The van der Waals surface area contributed by atoms with Crippen molar-refractivity contribution in [3.05, 3.63) is 63.7 Å². The molecule has 0 saturated heterocycles. The molecular weight excluding hydrogens is 274 g/mol. The van der Waals surface area contributed by atoms with Crippen molar-refractivity contribution in [1.82, 2.24) is 0 Å². The average Bonchev–Trinajstić information content (AvgIpc) is 2.43. The van der Waals surface area contributed by atoms with Crippen LogP contribution in [-0.2, 0) is 11.3 Å². The van der Waals surface area contributed by atoms with Crippen LogP contribution in [-0.4, -0.2) is 5.97 Å². The van der Waals surface area contributed by atoms with Crippen LogP contribution in [0.3, 0.4) is 0 Å². The summed E-state index contributed by atoms with van der Waals surface area (Å²) in [6, 6.07) is 10.7. The number of nitrogens with two attached hydrogens (primary N) is 1. The Kier molecular flexibility index (Phi) is 4.30. The van der Waals surface area contributed by atoms with E-state index in [4.69, 9.17) is 22.1 Å². The maximum absolute atomic E-state index is 11.9. The molecule has 0 aromatic heterocycles. The second-order valence-electron chi connectivity index (χ2n) is 4.73. The number of benzene rings is 2. The van der Waals surface area contributed by atoms with Crippen LogP contribution in [0, 0.1) is 13.8 Å². The van der Waals surface area contributed by atoms with E-state index >= 15 is 0 Å². The van der Waals surface area contributed by atoms with E-state index in [0.29, 0.717) is 16.3 Å². The molecule has 20 heavy (non-hydrogen) atoms. The summed E-state index contributed by atoms with van der Waals surface area (Å²) in [7, 11) is 0. The smallest absolute Gasteiger partial charge is 0.338 e. The van der Waals surface area contributed by atoms with Crippen molar-refractivity contribution in [1.29, 1.82) is 0 Å². The van der Waals surface area contributed by atoms with Crippen molar-refractivity contribution in [3.63, 3.8) is 0 Å². The topological polar surface area (TPSA) is 52.3 Å². The third kappa shape index (κ3) is 3.31. The molecule has 2 aromatic rings. The molecule has 104 valence electrons. The molecule has 0 heterocycles. The third-order valence-corrected chi connectivity index (χ3v) is 3.50. The Hall–Kier alpha value is -2.00. The quantitative estimate of drug-likeness (QED) is 0.689. The number of ether oxygens (including phenoxy) is 1. The molecular formula is C16H16ClNO2. The molecule has 2 aromatic carbocycles. The average molecular weight is 290 g/mol. The first-order valence-corrected chi connectivity index (χ1v) is 6.63. The van der Waals surface area contributed by atoms with Gasteiger partial charge in [0.15, 0.2) is 0 Å². The summed E-state index contributed by atoms with van der Waals surface area (Å²) in [5.74, 6) is -0.412. The van der Waals surface area contributed by atoms with Gasteiger partial charge in [-0.15, -0.1) is 0 Å². The number of esters is 1. The van der Waals surface area contributed by atoms with Gasteiger partial charge >= 0.3 is 5.97 Å². The maximum Gasteiger partial charge on any atom is 0.338 e. The Morgan fingerprint density at radius 3 is 2.55 bits per heavy atom. The van der Waals surface area contributed by atoms with Crippen LogP contribution in [0.2, 0.25) is 5.02 Å². The van der Waals surface area contributed by atoms with Gasteiger partial charge in [0.25, 0.3) is 0 Å². The Morgan fingerprint density at radius 1 is 1.15 bits per heavy atom. The number of aryl methyl sites for hydroxylation is 2. The Balaban J connectivity index is 2.04. The van der Waals surface area contributed by atoms with Gasteiger partial charge in [0, 0.05) is 0 Å². The summed E-state index contributed by atoms with van der Waals surface area (Å²) in [5.41, 5.74) is 9.79. The molecule has 0 saturated carbocycles. The molecule has 0 aliphatic carbocycles. The maximum atomic E-state index is 11.9. The molecule has 0 amide bonds. The molecule has 0 fully saturated rings. The van der Waals surface area contributed by atoms with Crippen LogP contribution < -0.4 is 5.73 Å². The van der Waals surface area contributed by atoms with Gasteiger partial charge in [-0.3, -0.25) is 0 Å². The Morgan fingerprint density at radius 2 is 1.90 bits per heavy atom. The SMILES string of the molecule is Cc1ccc(COC(=O)c2ccc(N)c(Cl)c2)cc1C. The van der Waals surface area contributed by atoms with Gasteiger partial charge in [0.2, 0.25) is 0 Å². The molecule has 2 rings (SSSR count).